The first-order valence-electron chi connectivity index (χ1n) is 7.93. The molecule has 21 heavy (non-hydrogen) atoms. The first-order chi connectivity index (χ1) is 9.53. The van der Waals surface area contributed by atoms with Crippen molar-refractivity contribution in [2.24, 2.45) is 22.5 Å². The average Bonchev–Trinajstić information content (AvgIpc) is 2.86. The Labute approximate surface area is 129 Å². The Kier molecular flexibility index (Phi) is 3.93. The maximum Gasteiger partial charge on any atom is 0.240 e. The summed E-state index contributed by atoms with van der Waals surface area (Å²) >= 11 is 0. The largest absolute Gasteiger partial charge is 0.338 e. The van der Waals surface area contributed by atoms with E-state index in [1.165, 1.54) is 0 Å². The van der Waals surface area contributed by atoms with Crippen molar-refractivity contribution < 1.29 is 4.79 Å². The molecule has 0 radical (unpaired) electrons. The molecule has 122 valence electrons. The highest BCUT2D eigenvalue weighted by Gasteiger charge is 2.74. The van der Waals surface area contributed by atoms with Crippen molar-refractivity contribution in [2.75, 3.05) is 27.2 Å². The maximum atomic E-state index is 12.9. The van der Waals surface area contributed by atoms with Crippen LogP contribution in [-0.4, -0.2) is 55.6 Å². The number of amides is 1. The molecule has 1 amide bonds. The fourth-order valence-electron chi connectivity index (χ4n) is 4.66. The van der Waals surface area contributed by atoms with Crippen molar-refractivity contribution in [3.8, 4) is 0 Å². The molecule has 2 unspecified atom stereocenters. The molecule has 1 aliphatic carbocycles. The summed E-state index contributed by atoms with van der Waals surface area (Å²) in [6.45, 7) is 12.2. The molecule has 0 bridgehead atoms. The second kappa shape index (κ2) is 4.93. The summed E-state index contributed by atoms with van der Waals surface area (Å²) in [7, 11) is 3.84. The van der Waals surface area contributed by atoms with Crippen molar-refractivity contribution >= 4 is 5.91 Å². The molecular weight excluding hydrogens is 264 g/mol. The van der Waals surface area contributed by atoms with Crippen molar-refractivity contribution in [3.05, 3.63) is 0 Å². The van der Waals surface area contributed by atoms with Crippen LogP contribution in [-0.2, 0) is 4.79 Å². The van der Waals surface area contributed by atoms with Gasteiger partial charge in [0.15, 0.2) is 0 Å². The second-order valence-corrected chi connectivity index (χ2v) is 8.39. The topological polar surface area (TPSA) is 70.4 Å². The number of carbonyl (C=O) groups is 1. The predicted molar refractivity (Wildman–Crippen MR) is 85.9 cm³/mol. The highest BCUT2D eigenvalue weighted by atomic mass is 16.2. The summed E-state index contributed by atoms with van der Waals surface area (Å²) in [6, 6.07) is -0.139. The minimum absolute atomic E-state index is 0.0312. The van der Waals surface area contributed by atoms with E-state index in [9.17, 15) is 4.79 Å². The number of likely N-dealkylation sites (N-methyl/N-ethyl adjacent to an activating group) is 2. The molecule has 4 atom stereocenters. The molecule has 0 aromatic heterocycles. The molecule has 1 saturated carbocycles. The van der Waals surface area contributed by atoms with Crippen molar-refractivity contribution in [3.63, 3.8) is 0 Å². The summed E-state index contributed by atoms with van der Waals surface area (Å²) in [5.74, 6) is 0.609. The van der Waals surface area contributed by atoms with Crippen LogP contribution in [0.5, 0.6) is 0 Å². The third kappa shape index (κ3) is 2.30. The summed E-state index contributed by atoms with van der Waals surface area (Å²) in [6.07, 6.45) is 0. The molecule has 2 rings (SSSR count). The first kappa shape index (κ1) is 16.7. The Hall–Kier alpha value is -0.650. The number of likely N-dealkylation sites (tertiary alicyclic amines) is 1. The van der Waals surface area contributed by atoms with Crippen LogP contribution in [0.15, 0.2) is 0 Å². The molecule has 5 nitrogen and oxygen atoms in total. The van der Waals surface area contributed by atoms with Crippen LogP contribution in [0.3, 0.4) is 0 Å². The van der Waals surface area contributed by atoms with Gasteiger partial charge in [0.2, 0.25) is 5.91 Å². The minimum Gasteiger partial charge on any atom is -0.338 e. The molecule has 2 aliphatic rings. The van der Waals surface area contributed by atoms with E-state index in [1.807, 2.05) is 19.0 Å². The zero-order chi connectivity index (χ0) is 16.2. The van der Waals surface area contributed by atoms with Gasteiger partial charge in [-0.05, 0) is 24.9 Å². The van der Waals surface area contributed by atoms with E-state index < -0.39 is 0 Å². The Bertz CT molecular complexity index is 428. The number of fused-ring (bicyclic) bond motifs is 1. The molecule has 1 saturated heterocycles. The van der Waals surface area contributed by atoms with E-state index in [0.717, 1.165) is 6.54 Å². The third-order valence-electron chi connectivity index (χ3n) is 5.83. The number of nitrogens with one attached hydrogen (secondary N) is 2. The van der Waals surface area contributed by atoms with Crippen LogP contribution < -0.4 is 16.4 Å². The highest BCUT2D eigenvalue weighted by molar-refractivity contribution is 5.83. The van der Waals surface area contributed by atoms with Gasteiger partial charge in [-0.15, -0.1) is 0 Å². The molecule has 2 fully saturated rings. The SMILES string of the molecule is CN[C@H](C(=O)N1CC(N)C2C(C)(C)[C@]2(NC)C1)C(C)(C)C. The number of nitrogens with two attached hydrogens (primary N) is 1. The summed E-state index contributed by atoms with van der Waals surface area (Å²) in [5, 5.41) is 6.64. The summed E-state index contributed by atoms with van der Waals surface area (Å²) < 4.78 is 0. The van der Waals surface area contributed by atoms with E-state index in [-0.39, 0.29) is 34.4 Å². The number of rotatable bonds is 3. The molecule has 0 spiro atoms. The Morgan fingerprint density at radius 2 is 1.90 bits per heavy atom. The van der Waals surface area contributed by atoms with Gasteiger partial charge in [0, 0.05) is 30.6 Å². The summed E-state index contributed by atoms with van der Waals surface area (Å²) in [5.41, 5.74) is 6.38. The Morgan fingerprint density at radius 1 is 1.33 bits per heavy atom. The van der Waals surface area contributed by atoms with E-state index >= 15 is 0 Å². The van der Waals surface area contributed by atoms with E-state index in [2.05, 4.69) is 45.3 Å². The zero-order valence-electron chi connectivity index (χ0n) is 14.6. The van der Waals surface area contributed by atoms with Gasteiger partial charge < -0.3 is 21.3 Å². The van der Waals surface area contributed by atoms with E-state index in [1.54, 1.807) is 0 Å². The van der Waals surface area contributed by atoms with Crippen LogP contribution >= 0.6 is 0 Å². The molecule has 4 N–H and O–H groups in total. The Morgan fingerprint density at radius 3 is 2.33 bits per heavy atom. The quantitative estimate of drug-likeness (QED) is 0.705. The number of nitrogens with zero attached hydrogens (tertiary/aromatic N) is 1. The normalized spacial score (nSPS) is 36.1. The van der Waals surface area contributed by atoms with E-state index in [0.29, 0.717) is 12.5 Å². The molecular formula is C16H32N4O. The van der Waals surface area contributed by atoms with Gasteiger partial charge in [-0.3, -0.25) is 4.79 Å². The fourth-order valence-corrected chi connectivity index (χ4v) is 4.66. The first-order valence-corrected chi connectivity index (χ1v) is 7.93. The maximum absolute atomic E-state index is 12.9. The second-order valence-electron chi connectivity index (χ2n) is 8.39. The lowest BCUT2D eigenvalue weighted by molar-refractivity contribution is -0.137. The van der Waals surface area contributed by atoms with Crippen molar-refractivity contribution in [2.45, 2.75) is 52.2 Å². The lowest BCUT2D eigenvalue weighted by atomic mass is 9.85. The van der Waals surface area contributed by atoms with Gasteiger partial charge in [-0.1, -0.05) is 34.6 Å². The van der Waals surface area contributed by atoms with Crippen molar-refractivity contribution in [1.29, 1.82) is 0 Å². The van der Waals surface area contributed by atoms with Crippen LogP contribution in [0.25, 0.3) is 0 Å². The number of piperidine rings is 1. The monoisotopic (exact) mass is 296 g/mol. The lowest BCUT2D eigenvalue weighted by Crippen LogP contribution is -2.61. The third-order valence-corrected chi connectivity index (χ3v) is 5.83. The van der Waals surface area contributed by atoms with E-state index in [4.69, 9.17) is 5.73 Å². The van der Waals surface area contributed by atoms with Gasteiger partial charge in [0.25, 0.3) is 0 Å². The molecule has 5 heteroatoms. The van der Waals surface area contributed by atoms with Gasteiger partial charge in [0.05, 0.1) is 6.04 Å². The van der Waals surface area contributed by atoms with Gasteiger partial charge in [-0.25, -0.2) is 0 Å². The number of hydrogen-bond donors (Lipinski definition) is 3. The van der Waals surface area contributed by atoms with Crippen LogP contribution in [0.1, 0.15) is 34.6 Å². The minimum atomic E-state index is -0.183. The molecule has 1 heterocycles. The highest BCUT2D eigenvalue weighted by Crippen LogP contribution is 2.64. The lowest BCUT2D eigenvalue weighted by Gasteiger charge is -2.40. The summed E-state index contributed by atoms with van der Waals surface area (Å²) in [4.78, 5) is 14.9. The number of hydrogen-bond acceptors (Lipinski definition) is 4. The van der Waals surface area contributed by atoms with Crippen LogP contribution in [0, 0.1) is 16.7 Å². The molecule has 1 aliphatic heterocycles. The van der Waals surface area contributed by atoms with Crippen LogP contribution in [0.4, 0.5) is 0 Å². The van der Waals surface area contributed by atoms with Gasteiger partial charge in [0.1, 0.15) is 0 Å². The number of carbonyl (C=O) groups excluding carboxylic acids is 1. The average molecular weight is 296 g/mol. The standard InChI is InChI=1S/C16H32N4O/c1-14(2,3)12(18-6)13(21)20-8-10(17)11-15(4,5)16(11,9-20)19-7/h10-12,18-19H,8-9,17H2,1-7H3/t10?,11?,12-,16+/m1/s1. The van der Waals surface area contributed by atoms with Gasteiger partial charge in [-0.2, -0.15) is 0 Å². The van der Waals surface area contributed by atoms with Crippen LogP contribution in [0.2, 0.25) is 0 Å². The smallest absolute Gasteiger partial charge is 0.240 e. The Balaban J connectivity index is 2.21. The zero-order valence-corrected chi connectivity index (χ0v) is 14.6. The van der Waals surface area contributed by atoms with Crippen molar-refractivity contribution in [1.82, 2.24) is 15.5 Å². The molecule has 0 aromatic rings. The van der Waals surface area contributed by atoms with Gasteiger partial charge >= 0.3 is 0 Å². The predicted octanol–water partition coefficient (Wildman–Crippen LogP) is 0.404. The molecule has 0 aromatic carbocycles. The fraction of sp³-hybridized carbons (Fsp3) is 0.938.